The van der Waals surface area contributed by atoms with Crippen LogP contribution >= 0.6 is 11.8 Å². The maximum Gasteiger partial charge on any atom is 0.295 e. The van der Waals surface area contributed by atoms with Crippen LogP contribution in [-0.2, 0) is 16.6 Å². The molecule has 0 spiro atoms. The second-order valence-electron chi connectivity index (χ2n) is 10.4. The van der Waals surface area contributed by atoms with E-state index in [2.05, 4.69) is 16.0 Å². The summed E-state index contributed by atoms with van der Waals surface area (Å²) in [7, 11) is 3.32. The monoisotopic (exact) mass is 647 g/mol. The zero-order chi connectivity index (χ0) is 33.3. The minimum Gasteiger partial charge on any atom is -0.497 e. The van der Waals surface area contributed by atoms with E-state index in [1.165, 1.54) is 16.4 Å². The Morgan fingerprint density at radius 2 is 1.53 bits per heavy atom. The smallest absolute Gasteiger partial charge is 0.295 e. The average Bonchev–Trinajstić information content (AvgIpc) is 3.30. The summed E-state index contributed by atoms with van der Waals surface area (Å²) in [5.41, 5.74) is 2.87. The lowest BCUT2D eigenvalue weighted by molar-refractivity contribution is -0.114. The predicted octanol–water partition coefficient (Wildman–Crippen LogP) is 5.63. The lowest BCUT2D eigenvalue weighted by Gasteiger charge is -2.12. The summed E-state index contributed by atoms with van der Waals surface area (Å²) in [6.07, 6.45) is 1.57. The number of rotatable bonds is 11. The number of para-hydroxylation sites is 1. The number of benzene rings is 4. The molecule has 0 unspecified atom stereocenters. The minimum absolute atomic E-state index is 0.0461. The van der Waals surface area contributed by atoms with Crippen molar-refractivity contribution in [3.63, 3.8) is 0 Å². The Morgan fingerprint density at radius 1 is 0.851 bits per heavy atom. The number of methoxy groups -OCH3 is 1. The molecule has 5 rings (SSSR count). The molecule has 3 amide bonds. The van der Waals surface area contributed by atoms with Gasteiger partial charge < -0.3 is 20.7 Å². The summed E-state index contributed by atoms with van der Waals surface area (Å²) in [5.74, 6) is -0.581. The normalized spacial score (nSPS) is 11.1. The van der Waals surface area contributed by atoms with E-state index in [-0.39, 0.29) is 28.6 Å². The van der Waals surface area contributed by atoms with Crippen molar-refractivity contribution in [3.05, 3.63) is 142 Å². The highest BCUT2D eigenvalue weighted by Gasteiger charge is 2.19. The zero-order valence-electron chi connectivity index (χ0n) is 26.0. The number of nitrogens with one attached hydrogen (secondary N) is 3. The Labute approximate surface area is 276 Å². The van der Waals surface area contributed by atoms with Gasteiger partial charge in [-0.15, -0.1) is 11.8 Å². The van der Waals surface area contributed by atoms with Crippen LogP contribution in [-0.4, -0.2) is 39.9 Å². The van der Waals surface area contributed by atoms with Gasteiger partial charge in [0.05, 0.1) is 24.2 Å². The zero-order valence-corrected chi connectivity index (χ0v) is 26.8. The molecule has 10 nitrogen and oxygen atoms in total. The predicted molar refractivity (Wildman–Crippen MR) is 185 cm³/mol. The van der Waals surface area contributed by atoms with Gasteiger partial charge in [-0.3, -0.25) is 23.9 Å². The molecule has 0 saturated heterocycles. The summed E-state index contributed by atoms with van der Waals surface area (Å²) >= 11 is 1.29. The van der Waals surface area contributed by atoms with Crippen molar-refractivity contribution < 1.29 is 19.1 Å². The summed E-state index contributed by atoms with van der Waals surface area (Å²) < 4.78 is 8.51. The van der Waals surface area contributed by atoms with Crippen LogP contribution in [0.5, 0.6) is 5.75 Å². The fraction of sp³-hybridized carbons (Fsp3) is 0.111. The quantitative estimate of drug-likeness (QED) is 0.126. The Morgan fingerprint density at radius 3 is 2.21 bits per heavy atom. The van der Waals surface area contributed by atoms with Crippen LogP contribution in [0.25, 0.3) is 11.8 Å². The molecule has 0 saturated carbocycles. The van der Waals surface area contributed by atoms with E-state index in [1.54, 1.807) is 111 Å². The van der Waals surface area contributed by atoms with E-state index in [0.717, 1.165) is 4.90 Å². The van der Waals surface area contributed by atoms with E-state index in [4.69, 9.17) is 4.74 Å². The summed E-state index contributed by atoms with van der Waals surface area (Å²) in [5, 5.41) is 8.31. The fourth-order valence-corrected chi connectivity index (χ4v) is 5.41. The van der Waals surface area contributed by atoms with E-state index in [0.29, 0.717) is 33.9 Å². The van der Waals surface area contributed by atoms with Gasteiger partial charge in [-0.1, -0.05) is 48.5 Å². The second-order valence-corrected chi connectivity index (χ2v) is 11.5. The number of anilines is 2. The highest BCUT2D eigenvalue weighted by Crippen LogP contribution is 2.22. The molecule has 0 atom stereocenters. The number of hydrogen-bond donors (Lipinski definition) is 3. The van der Waals surface area contributed by atoms with E-state index in [9.17, 15) is 19.2 Å². The first-order valence-corrected chi connectivity index (χ1v) is 15.6. The average molecular weight is 648 g/mol. The Hall–Kier alpha value is -5.81. The van der Waals surface area contributed by atoms with Crippen molar-refractivity contribution in [1.29, 1.82) is 0 Å². The standard InChI is InChI=1S/C36H33N5O5S/c1-24-33(36(45)41(40(24)2)28-14-8-5-9-15-28)39-32(42)23-47-30-19-17-27(18-20-30)37-35(44)31(22-25-11-10-16-29(21-25)46-3)38-34(43)26-12-6-4-7-13-26/h4-22H,23H2,1-3H3,(H,37,44)(H,38,43)(H,39,42)/b31-22-. The van der Waals surface area contributed by atoms with E-state index < -0.39 is 11.8 Å². The molecule has 47 heavy (non-hydrogen) atoms. The number of amides is 3. The summed E-state index contributed by atoms with van der Waals surface area (Å²) in [4.78, 5) is 53.0. The lowest BCUT2D eigenvalue weighted by atomic mass is 10.1. The van der Waals surface area contributed by atoms with Crippen molar-refractivity contribution in [3.8, 4) is 11.4 Å². The highest BCUT2D eigenvalue weighted by molar-refractivity contribution is 8.00. The van der Waals surface area contributed by atoms with E-state index in [1.807, 2.05) is 30.3 Å². The first kappa shape index (κ1) is 32.6. The van der Waals surface area contributed by atoms with Crippen LogP contribution in [0.2, 0.25) is 0 Å². The third-order valence-corrected chi connectivity index (χ3v) is 8.25. The van der Waals surface area contributed by atoms with Gasteiger partial charge in [0.25, 0.3) is 17.4 Å². The van der Waals surface area contributed by atoms with Gasteiger partial charge in [-0.2, -0.15) is 0 Å². The van der Waals surface area contributed by atoms with Gasteiger partial charge in [-0.25, -0.2) is 4.68 Å². The Balaban J connectivity index is 1.23. The van der Waals surface area contributed by atoms with Gasteiger partial charge in [0.2, 0.25) is 5.91 Å². The van der Waals surface area contributed by atoms with Crippen molar-refractivity contribution >= 4 is 46.9 Å². The SMILES string of the molecule is COc1cccc(/C=C(\NC(=O)c2ccccc2)C(=O)Nc2ccc(SCC(=O)Nc3c(C)n(C)n(-c4ccccc4)c3=O)cc2)c1. The maximum absolute atomic E-state index is 13.4. The molecular formula is C36H33N5O5S. The number of thioether (sulfide) groups is 1. The second kappa shape index (κ2) is 15.0. The number of ether oxygens (including phenoxy) is 1. The number of nitrogens with zero attached hydrogens (tertiary/aromatic N) is 2. The summed E-state index contributed by atoms with van der Waals surface area (Å²) in [6.45, 7) is 1.78. The van der Waals surface area contributed by atoms with Crippen LogP contribution in [0.4, 0.5) is 11.4 Å². The largest absolute Gasteiger partial charge is 0.497 e. The van der Waals surface area contributed by atoms with Crippen LogP contribution < -0.4 is 26.2 Å². The minimum atomic E-state index is -0.517. The van der Waals surface area contributed by atoms with Crippen LogP contribution in [0.15, 0.2) is 125 Å². The molecule has 1 heterocycles. The van der Waals surface area contributed by atoms with Gasteiger partial charge >= 0.3 is 0 Å². The molecule has 3 N–H and O–H groups in total. The molecule has 11 heteroatoms. The van der Waals surface area contributed by atoms with Crippen molar-refractivity contribution in [2.24, 2.45) is 7.05 Å². The lowest BCUT2D eigenvalue weighted by Crippen LogP contribution is -2.30. The molecule has 0 fully saturated rings. The Bertz CT molecular complexity index is 1980. The third kappa shape index (κ3) is 8.08. The van der Waals surface area contributed by atoms with Crippen molar-refractivity contribution in [2.75, 3.05) is 23.5 Å². The highest BCUT2D eigenvalue weighted by atomic mass is 32.2. The topological polar surface area (TPSA) is 123 Å². The number of carbonyl (C=O) groups is 3. The molecule has 0 aliphatic heterocycles. The van der Waals surface area contributed by atoms with Crippen molar-refractivity contribution in [1.82, 2.24) is 14.7 Å². The molecule has 0 radical (unpaired) electrons. The van der Waals surface area contributed by atoms with Crippen LogP contribution in [0, 0.1) is 6.92 Å². The molecular weight excluding hydrogens is 614 g/mol. The first-order valence-electron chi connectivity index (χ1n) is 14.6. The molecule has 4 aromatic carbocycles. The molecule has 1 aromatic heterocycles. The number of carbonyl (C=O) groups excluding carboxylic acids is 3. The van der Waals surface area contributed by atoms with Gasteiger partial charge in [0.15, 0.2) is 0 Å². The molecule has 0 bridgehead atoms. The van der Waals surface area contributed by atoms with Gasteiger partial charge in [0, 0.05) is 23.2 Å². The van der Waals surface area contributed by atoms with Crippen molar-refractivity contribution in [2.45, 2.75) is 11.8 Å². The Kier molecular flexibility index (Phi) is 10.4. The maximum atomic E-state index is 13.4. The molecule has 5 aromatic rings. The number of hydrogen-bond acceptors (Lipinski definition) is 6. The molecule has 238 valence electrons. The van der Waals surface area contributed by atoms with Gasteiger partial charge in [-0.05, 0) is 79.2 Å². The fourth-order valence-electron chi connectivity index (χ4n) is 4.71. The molecule has 0 aliphatic rings. The summed E-state index contributed by atoms with van der Waals surface area (Å²) in [6, 6.07) is 31.9. The van der Waals surface area contributed by atoms with Crippen LogP contribution in [0.1, 0.15) is 21.6 Å². The number of aromatic nitrogens is 2. The molecule has 0 aliphatic carbocycles. The van der Waals surface area contributed by atoms with Gasteiger partial charge in [0.1, 0.15) is 17.1 Å². The van der Waals surface area contributed by atoms with E-state index >= 15 is 0 Å². The van der Waals surface area contributed by atoms with Crippen LogP contribution in [0.3, 0.4) is 0 Å². The first-order chi connectivity index (χ1) is 22.7. The third-order valence-electron chi connectivity index (χ3n) is 7.23.